The summed E-state index contributed by atoms with van der Waals surface area (Å²) in [6.07, 6.45) is 4.59. The van der Waals surface area contributed by atoms with E-state index in [1.54, 1.807) is 12.1 Å². The van der Waals surface area contributed by atoms with Crippen molar-refractivity contribution >= 4 is 11.4 Å². The van der Waals surface area contributed by atoms with Crippen molar-refractivity contribution in [3.05, 3.63) is 48.2 Å². The third-order valence-electron chi connectivity index (χ3n) is 5.34. The van der Waals surface area contributed by atoms with Crippen LogP contribution in [-0.4, -0.2) is 39.9 Å². The second-order valence-electron chi connectivity index (χ2n) is 7.57. The number of rotatable bonds is 1. The van der Waals surface area contributed by atoms with Crippen molar-refractivity contribution in [1.29, 1.82) is 0 Å². The number of ether oxygens (including phenoxy) is 2. The Hall–Kier alpha value is -2.11. The summed E-state index contributed by atoms with van der Waals surface area (Å²) in [6, 6.07) is 6.41. The van der Waals surface area contributed by atoms with Gasteiger partial charge in [0.15, 0.2) is 5.78 Å². The fourth-order valence-electron chi connectivity index (χ4n) is 4.06. The van der Waals surface area contributed by atoms with E-state index in [-0.39, 0.29) is 35.3 Å². The van der Waals surface area contributed by atoms with E-state index in [2.05, 4.69) is 0 Å². The predicted molar refractivity (Wildman–Crippen MR) is 91.7 cm³/mol. The van der Waals surface area contributed by atoms with Crippen LogP contribution in [0, 0.1) is 11.8 Å². The van der Waals surface area contributed by atoms with E-state index in [1.165, 1.54) is 18.4 Å². The van der Waals surface area contributed by atoms with Crippen LogP contribution in [0.25, 0.3) is 5.57 Å². The van der Waals surface area contributed by atoms with Crippen molar-refractivity contribution in [3.8, 4) is 5.75 Å². The molecule has 1 aromatic rings. The molecule has 2 N–H and O–H groups in total. The van der Waals surface area contributed by atoms with Gasteiger partial charge in [0.2, 0.25) is 0 Å². The molecular weight excluding hydrogens is 320 g/mol. The number of allylic oxidation sites excluding steroid dienone is 1. The number of phenolic OH excluding ortho intramolecular Hbond substituents is 1. The number of carbonyl (C=O) groups is 1. The first-order chi connectivity index (χ1) is 11.9. The van der Waals surface area contributed by atoms with Crippen molar-refractivity contribution in [1.82, 2.24) is 0 Å². The molecule has 0 bridgehead atoms. The molecule has 2 heterocycles. The molecule has 5 heteroatoms. The van der Waals surface area contributed by atoms with Gasteiger partial charge in [0.1, 0.15) is 11.9 Å². The van der Waals surface area contributed by atoms with Gasteiger partial charge in [0.25, 0.3) is 0 Å². The summed E-state index contributed by atoms with van der Waals surface area (Å²) in [5.41, 5.74) is 0.728. The Balaban J connectivity index is 1.64. The molecule has 3 aliphatic rings. The van der Waals surface area contributed by atoms with E-state index in [9.17, 15) is 15.0 Å². The number of carbonyl (C=O) groups excluding carboxylic acids is 1. The van der Waals surface area contributed by atoms with Crippen LogP contribution in [0.5, 0.6) is 5.75 Å². The van der Waals surface area contributed by atoms with Gasteiger partial charge in [-0.25, -0.2) is 0 Å². The fraction of sp³-hybridized carbons (Fsp3) is 0.450. The Morgan fingerprint density at radius 2 is 1.88 bits per heavy atom. The van der Waals surface area contributed by atoms with Gasteiger partial charge < -0.3 is 19.7 Å². The zero-order chi connectivity index (χ0) is 17.8. The zero-order valence-corrected chi connectivity index (χ0v) is 14.3. The van der Waals surface area contributed by atoms with Crippen LogP contribution in [0.4, 0.5) is 0 Å². The van der Waals surface area contributed by atoms with Crippen LogP contribution < -0.4 is 0 Å². The van der Waals surface area contributed by atoms with Crippen LogP contribution in [0.1, 0.15) is 25.8 Å². The van der Waals surface area contributed by atoms with Crippen LogP contribution >= 0.6 is 0 Å². The number of phenols is 1. The van der Waals surface area contributed by atoms with Gasteiger partial charge >= 0.3 is 0 Å². The Bertz CT molecular complexity index is 746. The highest BCUT2D eigenvalue weighted by atomic mass is 16.5. The van der Waals surface area contributed by atoms with Crippen molar-refractivity contribution in [2.75, 3.05) is 0 Å². The molecule has 2 aliphatic heterocycles. The van der Waals surface area contributed by atoms with Crippen molar-refractivity contribution in [2.45, 2.75) is 44.2 Å². The molecule has 5 atom stereocenters. The van der Waals surface area contributed by atoms with Gasteiger partial charge in [0.05, 0.1) is 35.6 Å². The first kappa shape index (κ1) is 16.4. The average molecular weight is 342 g/mol. The number of aliphatic hydroxyl groups excluding tert-OH is 1. The van der Waals surface area contributed by atoms with Crippen molar-refractivity contribution in [2.24, 2.45) is 11.8 Å². The molecule has 5 nitrogen and oxygen atoms in total. The van der Waals surface area contributed by atoms with Gasteiger partial charge in [0, 0.05) is 12.3 Å². The summed E-state index contributed by atoms with van der Waals surface area (Å²) in [7, 11) is 0. The number of hydrogen-bond acceptors (Lipinski definition) is 5. The molecule has 0 spiro atoms. The van der Waals surface area contributed by atoms with Crippen molar-refractivity contribution < 1.29 is 24.5 Å². The number of Topliss-reactive ketones (excluding diaryl/α,β-unsaturated/α-hetero) is 1. The molecule has 0 saturated heterocycles. The minimum absolute atomic E-state index is 0.119. The Kier molecular flexibility index (Phi) is 3.74. The number of benzene rings is 1. The Morgan fingerprint density at radius 3 is 2.60 bits per heavy atom. The molecule has 132 valence electrons. The lowest BCUT2D eigenvalue weighted by molar-refractivity contribution is -0.168. The Morgan fingerprint density at radius 1 is 1.16 bits per heavy atom. The minimum Gasteiger partial charge on any atom is -0.508 e. The average Bonchev–Trinajstić information content (AvgIpc) is 2.55. The highest BCUT2D eigenvalue weighted by Crippen LogP contribution is 2.43. The molecular formula is C20H22O5. The van der Waals surface area contributed by atoms with E-state index in [0.717, 1.165) is 0 Å². The third-order valence-corrected chi connectivity index (χ3v) is 5.34. The molecule has 0 amide bonds. The quantitative estimate of drug-likeness (QED) is 0.767. The first-order valence-electron chi connectivity index (χ1n) is 8.60. The largest absolute Gasteiger partial charge is 0.508 e. The summed E-state index contributed by atoms with van der Waals surface area (Å²) < 4.78 is 11.9. The molecule has 0 aromatic heterocycles. The van der Waals surface area contributed by atoms with Crippen LogP contribution in [-0.2, 0) is 14.3 Å². The SMILES string of the molecule is CC1(C)C=CC2C(CC3OC=C(c4ccc(O)cc4)C(=O)C3C2O)O1. The summed E-state index contributed by atoms with van der Waals surface area (Å²) in [5, 5.41) is 20.3. The molecule has 1 aliphatic carbocycles. The van der Waals surface area contributed by atoms with E-state index >= 15 is 0 Å². The van der Waals surface area contributed by atoms with Gasteiger partial charge in [-0.3, -0.25) is 4.79 Å². The molecule has 4 rings (SSSR count). The van der Waals surface area contributed by atoms with Crippen molar-refractivity contribution in [3.63, 3.8) is 0 Å². The maximum absolute atomic E-state index is 13.0. The Labute approximate surface area is 146 Å². The lowest BCUT2D eigenvalue weighted by Crippen LogP contribution is -2.56. The number of hydrogen-bond donors (Lipinski definition) is 2. The summed E-state index contributed by atoms with van der Waals surface area (Å²) in [4.78, 5) is 13.0. The van der Waals surface area contributed by atoms with Gasteiger partial charge in [-0.05, 0) is 31.5 Å². The van der Waals surface area contributed by atoms with Crippen LogP contribution in [0.15, 0.2) is 42.7 Å². The van der Waals surface area contributed by atoms with Gasteiger partial charge in [-0.1, -0.05) is 24.3 Å². The molecule has 1 aromatic carbocycles. The second kappa shape index (κ2) is 5.71. The molecule has 5 unspecified atom stereocenters. The minimum atomic E-state index is -0.843. The third kappa shape index (κ3) is 2.77. The number of ketones is 1. The standard InChI is InChI=1S/C20H22O5/c1-20(2)8-7-13-15(25-20)9-16-17(18(13)22)19(23)14(10-24-16)11-3-5-12(21)6-4-11/h3-8,10,13,15-18,21-22H,9H2,1-2H3. The van der Waals surface area contributed by atoms with E-state index in [0.29, 0.717) is 17.6 Å². The summed E-state index contributed by atoms with van der Waals surface area (Å²) >= 11 is 0. The molecule has 1 fully saturated rings. The molecule has 0 radical (unpaired) electrons. The molecule has 1 saturated carbocycles. The highest BCUT2D eigenvalue weighted by molar-refractivity contribution is 6.22. The fourth-order valence-corrected chi connectivity index (χ4v) is 4.06. The summed E-state index contributed by atoms with van der Waals surface area (Å²) in [6.45, 7) is 3.96. The van der Waals surface area contributed by atoms with Gasteiger partial charge in [-0.15, -0.1) is 0 Å². The maximum atomic E-state index is 13.0. The maximum Gasteiger partial charge on any atom is 0.175 e. The monoisotopic (exact) mass is 342 g/mol. The smallest absolute Gasteiger partial charge is 0.175 e. The number of aliphatic hydroxyl groups is 1. The lowest BCUT2D eigenvalue weighted by Gasteiger charge is -2.48. The number of fused-ring (bicyclic) bond motifs is 2. The zero-order valence-electron chi connectivity index (χ0n) is 14.3. The topological polar surface area (TPSA) is 76.0 Å². The second-order valence-corrected chi connectivity index (χ2v) is 7.57. The lowest BCUT2D eigenvalue weighted by atomic mass is 9.69. The normalized spacial score (nSPS) is 36.0. The van der Waals surface area contributed by atoms with E-state index in [1.807, 2.05) is 26.0 Å². The highest BCUT2D eigenvalue weighted by Gasteiger charge is 2.52. The van der Waals surface area contributed by atoms with E-state index < -0.39 is 12.0 Å². The predicted octanol–water partition coefficient (Wildman–Crippen LogP) is 2.43. The van der Waals surface area contributed by atoms with Crippen LogP contribution in [0.2, 0.25) is 0 Å². The van der Waals surface area contributed by atoms with E-state index in [4.69, 9.17) is 9.47 Å². The van der Waals surface area contributed by atoms with Gasteiger partial charge in [-0.2, -0.15) is 0 Å². The summed E-state index contributed by atoms with van der Waals surface area (Å²) in [5.74, 6) is -0.796. The van der Waals surface area contributed by atoms with Crippen LogP contribution in [0.3, 0.4) is 0 Å². The number of aromatic hydroxyl groups is 1. The molecule has 25 heavy (non-hydrogen) atoms. The first-order valence-corrected chi connectivity index (χ1v) is 8.60.